The van der Waals surface area contributed by atoms with Gasteiger partial charge in [0.2, 0.25) is 0 Å². The lowest BCUT2D eigenvalue weighted by Crippen LogP contribution is -2.47. The normalized spacial score (nSPS) is 19.1. The molecule has 1 fully saturated rings. The summed E-state index contributed by atoms with van der Waals surface area (Å²) in [6.07, 6.45) is 8.67. The molecule has 0 radical (unpaired) electrons. The quantitative estimate of drug-likeness (QED) is 0.759. The first-order valence-corrected chi connectivity index (χ1v) is 6.44. The summed E-state index contributed by atoms with van der Waals surface area (Å²) in [5.41, 5.74) is 5.56. The van der Waals surface area contributed by atoms with E-state index in [1.165, 1.54) is 32.1 Å². The molecule has 0 spiro atoms. The lowest BCUT2D eigenvalue weighted by molar-refractivity contribution is -0.125. The second-order valence-corrected chi connectivity index (χ2v) is 4.99. The molecule has 15 heavy (non-hydrogen) atoms. The van der Waals surface area contributed by atoms with Crippen LogP contribution in [0.15, 0.2) is 0 Å². The number of hydrogen-bond acceptors (Lipinski definition) is 2. The standard InChI is InChI=1S/C13H25NO/c1-3-13(14,4-2)12(15)10-11-8-6-5-7-9-11/h11H,3-10,14H2,1-2H3. The number of rotatable bonds is 5. The Morgan fingerprint density at radius 1 is 1.20 bits per heavy atom. The molecular weight excluding hydrogens is 186 g/mol. The molecule has 0 aromatic rings. The van der Waals surface area contributed by atoms with Gasteiger partial charge < -0.3 is 5.73 Å². The van der Waals surface area contributed by atoms with Crippen molar-refractivity contribution < 1.29 is 4.79 Å². The molecule has 88 valence electrons. The van der Waals surface area contributed by atoms with E-state index in [4.69, 9.17) is 5.73 Å². The molecule has 0 atom stereocenters. The highest BCUT2D eigenvalue weighted by molar-refractivity contribution is 5.88. The van der Waals surface area contributed by atoms with Gasteiger partial charge in [-0.25, -0.2) is 0 Å². The van der Waals surface area contributed by atoms with E-state index in [-0.39, 0.29) is 0 Å². The van der Waals surface area contributed by atoms with Gasteiger partial charge in [0.1, 0.15) is 0 Å². The van der Waals surface area contributed by atoms with Crippen LogP contribution in [0.1, 0.15) is 65.2 Å². The van der Waals surface area contributed by atoms with Gasteiger partial charge in [0.05, 0.1) is 5.54 Å². The Labute approximate surface area is 93.6 Å². The van der Waals surface area contributed by atoms with E-state index in [9.17, 15) is 4.79 Å². The minimum absolute atomic E-state index is 0.291. The van der Waals surface area contributed by atoms with Crippen LogP contribution in [-0.2, 0) is 4.79 Å². The SMILES string of the molecule is CCC(N)(CC)C(=O)CC1CCCCC1. The number of ketones is 1. The van der Waals surface area contributed by atoms with Gasteiger partial charge in [-0.2, -0.15) is 0 Å². The van der Waals surface area contributed by atoms with E-state index < -0.39 is 5.54 Å². The molecule has 1 aliphatic carbocycles. The van der Waals surface area contributed by atoms with Crippen LogP contribution in [0.25, 0.3) is 0 Å². The Hall–Kier alpha value is -0.370. The minimum atomic E-state index is -0.544. The topological polar surface area (TPSA) is 43.1 Å². The van der Waals surface area contributed by atoms with Gasteiger partial charge >= 0.3 is 0 Å². The Kier molecular flexibility index (Phi) is 4.78. The van der Waals surface area contributed by atoms with Crippen molar-refractivity contribution in [1.29, 1.82) is 0 Å². The second-order valence-electron chi connectivity index (χ2n) is 4.99. The molecule has 0 aliphatic heterocycles. The van der Waals surface area contributed by atoms with Crippen molar-refractivity contribution in [1.82, 2.24) is 0 Å². The predicted molar refractivity (Wildman–Crippen MR) is 63.7 cm³/mol. The molecule has 2 heteroatoms. The van der Waals surface area contributed by atoms with Crippen molar-refractivity contribution in [3.05, 3.63) is 0 Å². The third kappa shape index (κ3) is 3.30. The van der Waals surface area contributed by atoms with Crippen LogP contribution in [0.5, 0.6) is 0 Å². The summed E-state index contributed by atoms with van der Waals surface area (Å²) in [6.45, 7) is 4.03. The fourth-order valence-corrected chi connectivity index (χ4v) is 2.50. The molecule has 0 aromatic heterocycles. The average molecular weight is 211 g/mol. The predicted octanol–water partition coefficient (Wildman–Crippen LogP) is 3.04. The summed E-state index contributed by atoms with van der Waals surface area (Å²) in [5, 5.41) is 0. The van der Waals surface area contributed by atoms with Crippen LogP contribution >= 0.6 is 0 Å². The highest BCUT2D eigenvalue weighted by Crippen LogP contribution is 2.28. The first-order valence-electron chi connectivity index (χ1n) is 6.44. The fourth-order valence-electron chi connectivity index (χ4n) is 2.50. The summed E-state index contributed by atoms with van der Waals surface area (Å²) in [5.74, 6) is 0.909. The van der Waals surface area contributed by atoms with Crippen LogP contribution in [0.3, 0.4) is 0 Å². The van der Waals surface area contributed by atoms with Crippen LogP contribution < -0.4 is 5.73 Å². The zero-order valence-corrected chi connectivity index (χ0v) is 10.2. The zero-order valence-electron chi connectivity index (χ0n) is 10.2. The van der Waals surface area contributed by atoms with E-state index in [0.29, 0.717) is 11.7 Å². The fraction of sp³-hybridized carbons (Fsp3) is 0.923. The van der Waals surface area contributed by atoms with Crippen LogP contribution in [0, 0.1) is 5.92 Å². The maximum Gasteiger partial charge on any atom is 0.152 e. The van der Waals surface area contributed by atoms with Crippen LogP contribution in [0.2, 0.25) is 0 Å². The van der Waals surface area contributed by atoms with Gasteiger partial charge in [0.15, 0.2) is 5.78 Å². The number of hydrogen-bond donors (Lipinski definition) is 1. The maximum atomic E-state index is 12.1. The van der Waals surface area contributed by atoms with Crippen molar-refractivity contribution in [3.8, 4) is 0 Å². The first-order chi connectivity index (χ1) is 7.12. The highest BCUT2D eigenvalue weighted by Gasteiger charge is 2.31. The van der Waals surface area contributed by atoms with E-state index >= 15 is 0 Å². The van der Waals surface area contributed by atoms with Crippen molar-refractivity contribution in [2.75, 3.05) is 0 Å². The molecule has 0 amide bonds. The van der Waals surface area contributed by atoms with E-state index in [1.54, 1.807) is 0 Å². The first kappa shape index (κ1) is 12.7. The van der Waals surface area contributed by atoms with Gasteiger partial charge in [-0.05, 0) is 18.8 Å². The molecular formula is C13H25NO. The molecule has 1 saturated carbocycles. The van der Waals surface area contributed by atoms with Crippen LogP contribution in [-0.4, -0.2) is 11.3 Å². The molecule has 0 bridgehead atoms. The van der Waals surface area contributed by atoms with Crippen molar-refractivity contribution in [3.63, 3.8) is 0 Å². The van der Waals surface area contributed by atoms with Gasteiger partial charge in [0, 0.05) is 6.42 Å². The van der Waals surface area contributed by atoms with Gasteiger partial charge in [-0.1, -0.05) is 46.0 Å². The maximum absolute atomic E-state index is 12.1. The summed E-state index contributed by atoms with van der Waals surface area (Å²) in [7, 11) is 0. The number of Topliss-reactive ketones (excluding diaryl/α,β-unsaturated/α-hetero) is 1. The summed E-state index contributed by atoms with van der Waals surface area (Å²) < 4.78 is 0. The number of nitrogens with two attached hydrogens (primary N) is 1. The zero-order chi connectivity index (χ0) is 11.3. The molecule has 2 nitrogen and oxygen atoms in total. The third-order valence-corrected chi connectivity index (χ3v) is 4.02. The van der Waals surface area contributed by atoms with Crippen LogP contribution in [0.4, 0.5) is 0 Å². The number of carbonyl (C=O) groups excluding carboxylic acids is 1. The Bertz CT molecular complexity index is 203. The lowest BCUT2D eigenvalue weighted by atomic mass is 9.79. The molecule has 0 saturated heterocycles. The largest absolute Gasteiger partial charge is 0.319 e. The summed E-state index contributed by atoms with van der Waals surface area (Å²) >= 11 is 0. The summed E-state index contributed by atoms with van der Waals surface area (Å²) in [6, 6.07) is 0. The van der Waals surface area contributed by atoms with Gasteiger partial charge in [-0.3, -0.25) is 4.79 Å². The molecule has 1 aliphatic rings. The minimum Gasteiger partial charge on any atom is -0.319 e. The van der Waals surface area contributed by atoms with Crippen molar-refractivity contribution in [2.24, 2.45) is 11.7 Å². The van der Waals surface area contributed by atoms with Gasteiger partial charge in [0.25, 0.3) is 0 Å². The van der Waals surface area contributed by atoms with Gasteiger partial charge in [-0.15, -0.1) is 0 Å². The molecule has 2 N–H and O–H groups in total. The third-order valence-electron chi connectivity index (χ3n) is 4.02. The molecule has 1 rings (SSSR count). The Morgan fingerprint density at radius 3 is 2.20 bits per heavy atom. The monoisotopic (exact) mass is 211 g/mol. The van der Waals surface area contributed by atoms with Crippen molar-refractivity contribution in [2.45, 2.75) is 70.8 Å². The van der Waals surface area contributed by atoms with E-state index in [1.807, 2.05) is 13.8 Å². The molecule has 0 aromatic carbocycles. The summed E-state index contributed by atoms with van der Waals surface area (Å²) in [4.78, 5) is 12.1. The Morgan fingerprint density at radius 2 is 1.73 bits per heavy atom. The molecule has 0 unspecified atom stereocenters. The average Bonchev–Trinajstić information content (AvgIpc) is 2.29. The van der Waals surface area contributed by atoms with E-state index in [0.717, 1.165) is 19.3 Å². The smallest absolute Gasteiger partial charge is 0.152 e. The highest BCUT2D eigenvalue weighted by atomic mass is 16.1. The lowest BCUT2D eigenvalue weighted by Gasteiger charge is -2.28. The van der Waals surface area contributed by atoms with E-state index in [2.05, 4.69) is 0 Å². The number of carbonyl (C=O) groups is 1. The molecule has 0 heterocycles. The Balaban J connectivity index is 2.45. The van der Waals surface area contributed by atoms with Crippen molar-refractivity contribution >= 4 is 5.78 Å². The second kappa shape index (κ2) is 5.64.